The van der Waals surface area contributed by atoms with Crippen LogP contribution in [0.25, 0.3) is 10.2 Å². The Morgan fingerprint density at radius 1 is 1.31 bits per heavy atom. The minimum absolute atomic E-state index is 0.0346. The number of carbonyl (C=O) groups excluding carboxylic acids is 1. The van der Waals surface area contributed by atoms with Gasteiger partial charge < -0.3 is 9.30 Å². The van der Waals surface area contributed by atoms with Crippen molar-refractivity contribution in [3.63, 3.8) is 0 Å². The van der Waals surface area contributed by atoms with Crippen LogP contribution in [0.3, 0.4) is 0 Å². The average Bonchev–Trinajstić information content (AvgIpc) is 3.26. The molecule has 8 heteroatoms. The van der Waals surface area contributed by atoms with Crippen LogP contribution in [0.4, 0.5) is 0 Å². The fraction of sp³-hybridized carbons (Fsp3) is 0.542. The number of nitrogens with zero attached hydrogens (tertiary/aromatic N) is 3. The molecule has 3 aromatic heterocycles. The van der Waals surface area contributed by atoms with Crippen molar-refractivity contribution in [1.29, 1.82) is 0 Å². The van der Waals surface area contributed by atoms with Gasteiger partial charge in [-0.2, -0.15) is 0 Å². The first-order valence-electron chi connectivity index (χ1n) is 11.4. The normalized spacial score (nSPS) is 15.6. The van der Waals surface area contributed by atoms with Crippen molar-refractivity contribution >= 4 is 39.1 Å². The van der Waals surface area contributed by atoms with E-state index in [0.717, 1.165) is 52.9 Å². The van der Waals surface area contributed by atoms with E-state index in [2.05, 4.69) is 11.5 Å². The Morgan fingerprint density at radius 2 is 2.12 bits per heavy atom. The molecule has 0 saturated heterocycles. The molecule has 0 N–H and O–H groups in total. The van der Waals surface area contributed by atoms with Crippen LogP contribution in [0.5, 0.6) is 0 Å². The molecule has 6 nitrogen and oxygen atoms in total. The zero-order chi connectivity index (χ0) is 22.4. The molecule has 0 atom stereocenters. The predicted molar refractivity (Wildman–Crippen MR) is 130 cm³/mol. The number of thiophene rings is 1. The predicted octanol–water partition coefficient (Wildman–Crippen LogP) is 4.71. The van der Waals surface area contributed by atoms with Gasteiger partial charge >= 0.3 is 0 Å². The zero-order valence-electron chi connectivity index (χ0n) is 18.9. The molecule has 0 radical (unpaired) electrons. The molecule has 0 amide bonds. The summed E-state index contributed by atoms with van der Waals surface area (Å²) in [7, 11) is 1.67. The number of ketones is 1. The van der Waals surface area contributed by atoms with Crippen LogP contribution in [0.15, 0.2) is 16.0 Å². The second kappa shape index (κ2) is 8.80. The highest BCUT2D eigenvalue weighted by atomic mass is 32.2. The highest BCUT2D eigenvalue weighted by Gasteiger charge is 2.29. The van der Waals surface area contributed by atoms with Gasteiger partial charge in [-0.1, -0.05) is 11.8 Å². The van der Waals surface area contributed by atoms with Crippen molar-refractivity contribution in [2.45, 2.75) is 70.1 Å². The van der Waals surface area contributed by atoms with Gasteiger partial charge in [-0.05, 0) is 64.0 Å². The first kappa shape index (κ1) is 21.9. The van der Waals surface area contributed by atoms with Crippen LogP contribution < -0.4 is 5.56 Å². The van der Waals surface area contributed by atoms with Gasteiger partial charge in [0.1, 0.15) is 4.83 Å². The summed E-state index contributed by atoms with van der Waals surface area (Å²) in [4.78, 5) is 33.6. The lowest BCUT2D eigenvalue weighted by molar-refractivity contribution is 0.102. The molecule has 5 rings (SSSR count). The number of fused-ring (bicyclic) bond motifs is 3. The Hall–Kier alpha value is -1.90. The molecule has 2 aliphatic carbocycles. The van der Waals surface area contributed by atoms with Crippen LogP contribution >= 0.6 is 23.1 Å². The molecule has 3 heterocycles. The number of carbonyl (C=O) groups is 1. The number of thioether (sulfide) groups is 1. The molecule has 1 saturated carbocycles. The second-order valence-electron chi connectivity index (χ2n) is 8.83. The highest BCUT2D eigenvalue weighted by molar-refractivity contribution is 7.99. The molecular formula is C24H29N3O3S2. The summed E-state index contributed by atoms with van der Waals surface area (Å²) in [5, 5.41) is 1.44. The number of methoxy groups -OCH3 is 1. The SMILES string of the molecule is COCCCn1c(SCC(=O)c2cc(C)n(C3CC3)c2C)nc2sc3c(c2c1=O)CCC3. The van der Waals surface area contributed by atoms with Gasteiger partial charge in [-0.3, -0.25) is 14.2 Å². The minimum atomic E-state index is 0.0346. The number of ether oxygens (including phenoxy) is 1. The van der Waals surface area contributed by atoms with E-state index in [0.29, 0.717) is 24.3 Å². The summed E-state index contributed by atoms with van der Waals surface area (Å²) in [5.41, 5.74) is 4.25. The Bertz CT molecular complexity index is 1250. The monoisotopic (exact) mass is 471 g/mol. The van der Waals surface area contributed by atoms with E-state index >= 15 is 0 Å². The first-order valence-corrected chi connectivity index (χ1v) is 13.2. The van der Waals surface area contributed by atoms with E-state index in [9.17, 15) is 9.59 Å². The van der Waals surface area contributed by atoms with Crippen molar-refractivity contribution in [3.05, 3.63) is 43.8 Å². The van der Waals surface area contributed by atoms with E-state index < -0.39 is 0 Å². The molecule has 0 spiro atoms. The van der Waals surface area contributed by atoms with E-state index in [-0.39, 0.29) is 17.1 Å². The molecule has 1 fully saturated rings. The lowest BCUT2D eigenvalue weighted by atomic mass is 10.2. The van der Waals surface area contributed by atoms with Crippen LogP contribution in [0, 0.1) is 13.8 Å². The largest absolute Gasteiger partial charge is 0.385 e. The number of hydrogen-bond acceptors (Lipinski definition) is 6. The average molecular weight is 472 g/mol. The third-order valence-electron chi connectivity index (χ3n) is 6.55. The number of aryl methyl sites for hydroxylation is 3. The van der Waals surface area contributed by atoms with Gasteiger partial charge in [0.25, 0.3) is 5.56 Å². The van der Waals surface area contributed by atoms with Gasteiger partial charge in [0, 0.05) is 48.1 Å². The number of Topliss-reactive ketones (excluding diaryl/α,β-unsaturated/α-hetero) is 1. The maximum atomic E-state index is 13.5. The number of rotatable bonds is 9. The second-order valence-corrected chi connectivity index (χ2v) is 10.9. The van der Waals surface area contributed by atoms with E-state index in [1.807, 2.05) is 13.0 Å². The Labute approximate surface area is 196 Å². The molecule has 0 aromatic carbocycles. The highest BCUT2D eigenvalue weighted by Crippen LogP contribution is 2.39. The molecule has 3 aromatic rings. The molecule has 0 aliphatic heterocycles. The van der Waals surface area contributed by atoms with Crippen molar-refractivity contribution in [2.24, 2.45) is 0 Å². The molecule has 32 heavy (non-hydrogen) atoms. The number of hydrogen-bond donors (Lipinski definition) is 0. The topological polar surface area (TPSA) is 66.1 Å². The van der Waals surface area contributed by atoms with Crippen LogP contribution in [-0.4, -0.2) is 39.4 Å². The summed E-state index contributed by atoms with van der Waals surface area (Å²) in [5.74, 6) is 0.379. The standard InChI is InChI=1S/C24H29N3O3S2/c1-14-12-18(15(2)27(14)16-8-9-16)19(28)13-31-24-25-22-21(17-6-4-7-20(17)32-22)23(29)26(24)10-5-11-30-3/h12,16H,4-11,13H2,1-3H3. The van der Waals surface area contributed by atoms with Crippen LogP contribution in [0.1, 0.15) is 63.9 Å². The summed E-state index contributed by atoms with van der Waals surface area (Å²) in [6.07, 6.45) is 6.25. The maximum Gasteiger partial charge on any atom is 0.263 e. The third kappa shape index (κ3) is 3.86. The van der Waals surface area contributed by atoms with Gasteiger partial charge in [0.2, 0.25) is 0 Å². The summed E-state index contributed by atoms with van der Waals surface area (Å²) in [6, 6.07) is 2.57. The molecule has 0 bridgehead atoms. The van der Waals surface area contributed by atoms with E-state index in [1.54, 1.807) is 23.0 Å². The van der Waals surface area contributed by atoms with E-state index in [4.69, 9.17) is 9.72 Å². The zero-order valence-corrected chi connectivity index (χ0v) is 20.5. The van der Waals surface area contributed by atoms with Crippen molar-refractivity contribution < 1.29 is 9.53 Å². The van der Waals surface area contributed by atoms with Gasteiger partial charge in [-0.25, -0.2) is 4.98 Å². The molecule has 2 aliphatic rings. The van der Waals surface area contributed by atoms with Gasteiger partial charge in [0.15, 0.2) is 10.9 Å². The van der Waals surface area contributed by atoms with Gasteiger partial charge in [-0.15, -0.1) is 11.3 Å². The quantitative estimate of drug-likeness (QED) is 0.196. The summed E-state index contributed by atoms with van der Waals surface area (Å²) in [6.45, 7) is 5.25. The van der Waals surface area contributed by atoms with Crippen LogP contribution in [-0.2, 0) is 24.1 Å². The fourth-order valence-electron chi connectivity index (χ4n) is 4.89. The van der Waals surface area contributed by atoms with Crippen molar-refractivity contribution in [1.82, 2.24) is 14.1 Å². The minimum Gasteiger partial charge on any atom is -0.385 e. The summed E-state index contributed by atoms with van der Waals surface area (Å²) < 4.78 is 9.26. The van der Waals surface area contributed by atoms with E-state index in [1.165, 1.54) is 35.0 Å². The fourth-order valence-corrected chi connectivity index (χ4v) is 7.11. The molecule has 0 unspecified atom stereocenters. The molecule has 170 valence electrons. The number of aromatic nitrogens is 3. The summed E-state index contributed by atoms with van der Waals surface area (Å²) >= 11 is 3.03. The third-order valence-corrected chi connectivity index (χ3v) is 8.71. The Kier molecular flexibility index (Phi) is 6.03. The lowest BCUT2D eigenvalue weighted by Gasteiger charge is -2.12. The molecular weight excluding hydrogens is 442 g/mol. The lowest BCUT2D eigenvalue weighted by Crippen LogP contribution is -2.24. The maximum absolute atomic E-state index is 13.5. The Morgan fingerprint density at radius 3 is 2.88 bits per heavy atom. The van der Waals surface area contributed by atoms with Crippen molar-refractivity contribution in [3.8, 4) is 0 Å². The smallest absolute Gasteiger partial charge is 0.263 e. The van der Waals surface area contributed by atoms with Crippen molar-refractivity contribution in [2.75, 3.05) is 19.5 Å². The van der Waals surface area contributed by atoms with Crippen LogP contribution in [0.2, 0.25) is 0 Å². The first-order chi connectivity index (χ1) is 15.5. The van der Waals surface area contributed by atoms with Gasteiger partial charge in [0.05, 0.1) is 11.1 Å². The Balaban J connectivity index is 1.44.